The maximum Gasteiger partial charge on any atom is 0.252 e. The molecule has 0 heterocycles. The second-order valence-corrected chi connectivity index (χ2v) is 13.5. The van der Waals surface area contributed by atoms with E-state index in [9.17, 15) is 14.8 Å². The monoisotopic (exact) mass is 531 g/mol. The number of nitrogens with one attached hydrogen (secondary N) is 2. The van der Waals surface area contributed by atoms with Crippen LogP contribution in [0.25, 0.3) is 10.8 Å². The Kier molecular flexibility index (Phi) is 8.93. The quantitative estimate of drug-likeness (QED) is 0.299. The fourth-order valence-electron chi connectivity index (χ4n) is 4.53. The van der Waals surface area contributed by atoms with Crippen LogP contribution in [0.2, 0.25) is 0 Å². The molecule has 0 spiro atoms. The summed E-state index contributed by atoms with van der Waals surface area (Å²) >= 11 is 0. The van der Waals surface area contributed by atoms with Crippen LogP contribution in [-0.2, 0) is 18.4 Å². The van der Waals surface area contributed by atoms with Crippen molar-refractivity contribution >= 4 is 22.6 Å². The van der Waals surface area contributed by atoms with Crippen molar-refractivity contribution in [1.29, 1.82) is 0 Å². The van der Waals surface area contributed by atoms with E-state index in [0.29, 0.717) is 24.1 Å². The van der Waals surface area contributed by atoms with E-state index in [0.717, 1.165) is 27.5 Å². The Morgan fingerprint density at radius 3 is 1.97 bits per heavy atom. The summed E-state index contributed by atoms with van der Waals surface area (Å²) in [6, 6.07) is 17.7. The van der Waals surface area contributed by atoms with Crippen molar-refractivity contribution in [3.63, 3.8) is 0 Å². The molecule has 210 valence electrons. The zero-order valence-electron chi connectivity index (χ0n) is 25.0. The second kappa shape index (κ2) is 11.5. The number of carbonyl (C=O) groups excluding carboxylic acids is 2. The van der Waals surface area contributed by atoms with E-state index in [4.69, 9.17) is 0 Å². The highest BCUT2D eigenvalue weighted by molar-refractivity contribution is 6.08. The van der Waals surface area contributed by atoms with Gasteiger partial charge in [0.15, 0.2) is 0 Å². The standard InChI is InChI=1S/C33H45N3O3/c1-31(2,3)25-17-16-23(27(20-25)29(37)34-32(4,5)6)18-19-36(39)21-24-15-14-22-12-10-11-13-26(22)28(24)30(38)35-33(7,8)9/h10-17,20,39H,18-19,21H2,1-9H3,(H,34,37)(H,35,38). The molecule has 0 unspecified atom stereocenters. The molecular weight excluding hydrogens is 486 g/mol. The van der Waals surface area contributed by atoms with E-state index in [1.165, 1.54) is 5.06 Å². The Morgan fingerprint density at radius 1 is 0.769 bits per heavy atom. The van der Waals surface area contributed by atoms with Crippen molar-refractivity contribution in [1.82, 2.24) is 15.7 Å². The van der Waals surface area contributed by atoms with Crippen LogP contribution in [0.4, 0.5) is 0 Å². The van der Waals surface area contributed by atoms with Gasteiger partial charge in [-0.1, -0.05) is 69.3 Å². The molecule has 0 saturated heterocycles. The molecule has 39 heavy (non-hydrogen) atoms. The topological polar surface area (TPSA) is 81.7 Å². The van der Waals surface area contributed by atoms with E-state index in [-0.39, 0.29) is 29.3 Å². The van der Waals surface area contributed by atoms with Crippen molar-refractivity contribution in [2.75, 3.05) is 6.54 Å². The van der Waals surface area contributed by atoms with Crippen LogP contribution in [0.5, 0.6) is 0 Å². The minimum Gasteiger partial charge on any atom is -0.347 e. The third kappa shape index (κ3) is 8.38. The van der Waals surface area contributed by atoms with Gasteiger partial charge >= 0.3 is 0 Å². The van der Waals surface area contributed by atoms with Crippen LogP contribution in [0.15, 0.2) is 54.6 Å². The predicted molar refractivity (Wildman–Crippen MR) is 159 cm³/mol. The summed E-state index contributed by atoms with van der Waals surface area (Å²) < 4.78 is 0. The number of benzene rings is 3. The van der Waals surface area contributed by atoms with Crippen LogP contribution in [0.1, 0.15) is 99.7 Å². The molecule has 3 N–H and O–H groups in total. The third-order valence-electron chi connectivity index (χ3n) is 6.43. The molecule has 0 aliphatic rings. The minimum absolute atomic E-state index is 0.0988. The van der Waals surface area contributed by atoms with Crippen molar-refractivity contribution in [2.45, 2.75) is 91.8 Å². The highest BCUT2D eigenvalue weighted by Gasteiger charge is 2.24. The van der Waals surface area contributed by atoms with Gasteiger partial charge in [-0.05, 0) is 86.9 Å². The molecule has 6 nitrogen and oxygen atoms in total. The molecule has 0 bridgehead atoms. The molecular formula is C33H45N3O3. The van der Waals surface area contributed by atoms with E-state index in [1.54, 1.807) is 0 Å². The van der Waals surface area contributed by atoms with Crippen LogP contribution in [0.3, 0.4) is 0 Å². The Morgan fingerprint density at radius 2 is 1.36 bits per heavy atom. The lowest BCUT2D eigenvalue weighted by molar-refractivity contribution is -0.0982. The van der Waals surface area contributed by atoms with Gasteiger partial charge in [-0.2, -0.15) is 5.06 Å². The lowest BCUT2D eigenvalue weighted by Crippen LogP contribution is -2.41. The molecule has 2 amide bonds. The van der Waals surface area contributed by atoms with Gasteiger partial charge in [-0.25, -0.2) is 0 Å². The van der Waals surface area contributed by atoms with E-state index in [2.05, 4.69) is 37.5 Å². The fourth-order valence-corrected chi connectivity index (χ4v) is 4.53. The molecule has 0 aliphatic carbocycles. The molecule has 0 radical (unpaired) electrons. The lowest BCUT2D eigenvalue weighted by Gasteiger charge is -2.25. The number of nitrogens with zero attached hydrogens (tertiary/aromatic N) is 1. The maximum atomic E-state index is 13.3. The number of carbonyl (C=O) groups is 2. The van der Waals surface area contributed by atoms with Crippen LogP contribution < -0.4 is 10.6 Å². The Bertz CT molecular complexity index is 1340. The largest absolute Gasteiger partial charge is 0.347 e. The number of hydroxylamine groups is 2. The molecule has 0 aliphatic heterocycles. The van der Waals surface area contributed by atoms with Gasteiger partial charge < -0.3 is 15.8 Å². The number of hydrogen-bond acceptors (Lipinski definition) is 4. The smallest absolute Gasteiger partial charge is 0.252 e. The summed E-state index contributed by atoms with van der Waals surface area (Å²) in [5, 5.41) is 20.2. The van der Waals surface area contributed by atoms with E-state index >= 15 is 0 Å². The van der Waals surface area contributed by atoms with Crippen LogP contribution in [-0.4, -0.2) is 39.7 Å². The third-order valence-corrected chi connectivity index (χ3v) is 6.43. The first-order valence-electron chi connectivity index (χ1n) is 13.7. The minimum atomic E-state index is -0.395. The first-order chi connectivity index (χ1) is 17.9. The van der Waals surface area contributed by atoms with Gasteiger partial charge in [-0.3, -0.25) is 9.59 Å². The summed E-state index contributed by atoms with van der Waals surface area (Å²) in [6.45, 7) is 18.6. The number of hydrogen-bond donors (Lipinski definition) is 3. The Balaban J connectivity index is 1.87. The molecule has 3 rings (SSSR count). The van der Waals surface area contributed by atoms with Crippen molar-refractivity contribution in [3.05, 3.63) is 82.4 Å². The number of amides is 2. The fraction of sp³-hybridized carbons (Fsp3) is 0.455. The second-order valence-electron chi connectivity index (χ2n) is 13.5. The van der Waals surface area contributed by atoms with E-state index in [1.807, 2.05) is 90.1 Å². The summed E-state index contributed by atoms with van der Waals surface area (Å²) in [5.74, 6) is -0.287. The zero-order valence-corrected chi connectivity index (χ0v) is 25.0. The van der Waals surface area contributed by atoms with Gasteiger partial charge in [0.25, 0.3) is 11.8 Å². The average molecular weight is 532 g/mol. The molecule has 3 aromatic carbocycles. The maximum absolute atomic E-state index is 13.3. The zero-order chi connectivity index (χ0) is 29.2. The average Bonchev–Trinajstić information content (AvgIpc) is 2.79. The van der Waals surface area contributed by atoms with Gasteiger partial charge in [0, 0.05) is 29.7 Å². The highest BCUT2D eigenvalue weighted by atomic mass is 16.5. The number of rotatable bonds is 7. The first kappa shape index (κ1) is 30.3. The SMILES string of the molecule is CC(C)(C)NC(=O)c1cc(C(C)(C)C)ccc1CCN(O)Cc1ccc2ccccc2c1C(=O)NC(C)(C)C. The van der Waals surface area contributed by atoms with E-state index < -0.39 is 5.54 Å². The Labute approximate surface area is 233 Å². The molecule has 0 saturated carbocycles. The normalized spacial score (nSPS) is 12.6. The first-order valence-corrected chi connectivity index (χ1v) is 13.7. The van der Waals surface area contributed by atoms with Gasteiger partial charge in [0.2, 0.25) is 0 Å². The molecule has 0 atom stereocenters. The number of fused-ring (bicyclic) bond motifs is 1. The van der Waals surface area contributed by atoms with Crippen molar-refractivity contribution < 1.29 is 14.8 Å². The summed E-state index contributed by atoms with van der Waals surface area (Å²) in [4.78, 5) is 26.6. The summed E-state index contributed by atoms with van der Waals surface area (Å²) in [6.07, 6.45) is 0.477. The van der Waals surface area contributed by atoms with Gasteiger partial charge in [0.05, 0.1) is 5.56 Å². The molecule has 3 aromatic rings. The lowest BCUT2D eigenvalue weighted by atomic mass is 9.84. The highest BCUT2D eigenvalue weighted by Crippen LogP contribution is 2.27. The van der Waals surface area contributed by atoms with Crippen LogP contribution in [0, 0.1) is 0 Å². The van der Waals surface area contributed by atoms with Gasteiger partial charge in [0.1, 0.15) is 0 Å². The summed E-state index contributed by atoms with van der Waals surface area (Å²) in [5.41, 5.74) is 3.03. The molecule has 0 fully saturated rings. The predicted octanol–water partition coefficient (Wildman–Crippen LogP) is 6.63. The van der Waals surface area contributed by atoms with Crippen molar-refractivity contribution in [2.24, 2.45) is 0 Å². The molecule has 6 heteroatoms. The Hall–Kier alpha value is -3.22. The van der Waals surface area contributed by atoms with Gasteiger partial charge in [-0.15, -0.1) is 0 Å². The summed E-state index contributed by atoms with van der Waals surface area (Å²) in [7, 11) is 0. The van der Waals surface area contributed by atoms with Crippen LogP contribution >= 0.6 is 0 Å². The molecule has 0 aromatic heterocycles. The van der Waals surface area contributed by atoms with Crippen molar-refractivity contribution in [3.8, 4) is 0 Å².